The number of hydrogen-bond donors (Lipinski definition) is 1. The molecular formula is C12H14N4O2. The molecule has 1 aromatic carbocycles. The van der Waals surface area contributed by atoms with E-state index in [1.807, 2.05) is 4.68 Å². The number of nitrogens with zero attached hydrogens (tertiary/aromatic N) is 3. The maximum atomic E-state index is 10.8. The van der Waals surface area contributed by atoms with Crippen LogP contribution in [0.4, 0.5) is 5.69 Å². The second-order valence-corrected chi connectivity index (χ2v) is 4.69. The van der Waals surface area contributed by atoms with Gasteiger partial charge >= 0.3 is 0 Å². The molecule has 3 rings (SSSR count). The van der Waals surface area contributed by atoms with Crippen LogP contribution in [0.1, 0.15) is 6.42 Å². The quantitative estimate of drug-likeness (QED) is 0.658. The van der Waals surface area contributed by atoms with Crippen LogP contribution in [-0.2, 0) is 6.54 Å². The lowest BCUT2D eigenvalue weighted by molar-refractivity contribution is -0.384. The molecule has 2 heterocycles. The van der Waals surface area contributed by atoms with Gasteiger partial charge in [0.25, 0.3) is 5.69 Å². The van der Waals surface area contributed by atoms with E-state index in [9.17, 15) is 10.1 Å². The van der Waals surface area contributed by atoms with Crippen LogP contribution in [0, 0.1) is 16.0 Å². The molecule has 0 amide bonds. The third-order valence-electron chi connectivity index (χ3n) is 3.43. The van der Waals surface area contributed by atoms with Crippen LogP contribution in [0.3, 0.4) is 0 Å². The van der Waals surface area contributed by atoms with Crippen molar-refractivity contribution >= 4 is 16.6 Å². The molecule has 1 aliphatic heterocycles. The van der Waals surface area contributed by atoms with Crippen molar-refractivity contribution in [1.29, 1.82) is 0 Å². The first-order valence-corrected chi connectivity index (χ1v) is 6.05. The first-order valence-electron chi connectivity index (χ1n) is 6.05. The van der Waals surface area contributed by atoms with Gasteiger partial charge in [-0.05, 0) is 31.5 Å². The fraction of sp³-hybridized carbons (Fsp3) is 0.417. The summed E-state index contributed by atoms with van der Waals surface area (Å²) in [6.45, 7) is 2.86. The van der Waals surface area contributed by atoms with Crippen molar-refractivity contribution in [2.45, 2.75) is 13.0 Å². The van der Waals surface area contributed by atoms with E-state index in [4.69, 9.17) is 0 Å². The molecule has 18 heavy (non-hydrogen) atoms. The maximum Gasteiger partial charge on any atom is 0.271 e. The lowest BCUT2D eigenvalue weighted by Gasteiger charge is -2.09. The monoisotopic (exact) mass is 246 g/mol. The number of aromatic nitrogens is 2. The molecule has 1 aliphatic rings. The van der Waals surface area contributed by atoms with Gasteiger partial charge < -0.3 is 5.32 Å². The fourth-order valence-corrected chi connectivity index (χ4v) is 2.43. The van der Waals surface area contributed by atoms with Crippen LogP contribution < -0.4 is 5.32 Å². The zero-order valence-corrected chi connectivity index (χ0v) is 9.87. The molecule has 1 fully saturated rings. The minimum absolute atomic E-state index is 0.119. The topological polar surface area (TPSA) is 73.0 Å². The Morgan fingerprint density at radius 1 is 1.56 bits per heavy atom. The average molecular weight is 246 g/mol. The average Bonchev–Trinajstić information content (AvgIpc) is 2.99. The number of non-ortho nitro benzene ring substituents is 1. The Labute approximate surface area is 104 Å². The largest absolute Gasteiger partial charge is 0.316 e. The Morgan fingerprint density at radius 3 is 3.17 bits per heavy atom. The predicted octanol–water partition coefficient (Wildman–Crippen LogP) is 1.55. The number of fused-ring (bicyclic) bond motifs is 1. The van der Waals surface area contributed by atoms with E-state index in [0.29, 0.717) is 5.92 Å². The standard InChI is InChI=1S/C12H14N4O2/c17-16(18)11-2-1-10-7-14-15(12(10)5-11)8-9-3-4-13-6-9/h1-2,5,7,9,13H,3-4,6,8H2. The van der Waals surface area contributed by atoms with E-state index in [1.165, 1.54) is 6.07 Å². The number of rotatable bonds is 3. The first-order chi connectivity index (χ1) is 8.74. The highest BCUT2D eigenvalue weighted by atomic mass is 16.6. The molecule has 0 spiro atoms. The van der Waals surface area contributed by atoms with E-state index in [1.54, 1.807) is 18.3 Å². The summed E-state index contributed by atoms with van der Waals surface area (Å²) in [4.78, 5) is 10.4. The van der Waals surface area contributed by atoms with Crippen molar-refractivity contribution in [3.05, 3.63) is 34.5 Å². The van der Waals surface area contributed by atoms with Crippen molar-refractivity contribution in [3.63, 3.8) is 0 Å². The van der Waals surface area contributed by atoms with E-state index in [2.05, 4.69) is 10.4 Å². The van der Waals surface area contributed by atoms with E-state index in [0.717, 1.165) is 37.0 Å². The van der Waals surface area contributed by atoms with Gasteiger partial charge in [0.2, 0.25) is 0 Å². The predicted molar refractivity (Wildman–Crippen MR) is 67.4 cm³/mol. The van der Waals surface area contributed by atoms with Crippen LogP contribution in [0.25, 0.3) is 10.9 Å². The summed E-state index contributed by atoms with van der Waals surface area (Å²) in [5.74, 6) is 0.562. The van der Waals surface area contributed by atoms with E-state index in [-0.39, 0.29) is 10.6 Å². The summed E-state index contributed by atoms with van der Waals surface area (Å²) < 4.78 is 1.88. The lowest BCUT2D eigenvalue weighted by Crippen LogP contribution is -2.15. The Bertz CT molecular complexity index is 587. The lowest BCUT2D eigenvalue weighted by atomic mass is 10.1. The van der Waals surface area contributed by atoms with E-state index >= 15 is 0 Å². The zero-order valence-electron chi connectivity index (χ0n) is 9.87. The molecule has 1 aromatic heterocycles. The minimum atomic E-state index is -0.367. The molecule has 0 saturated carbocycles. The summed E-state index contributed by atoms with van der Waals surface area (Å²) in [6, 6.07) is 4.88. The van der Waals surface area contributed by atoms with Crippen LogP contribution in [0.5, 0.6) is 0 Å². The molecule has 0 aliphatic carbocycles. The highest BCUT2D eigenvalue weighted by Gasteiger charge is 2.17. The molecule has 0 radical (unpaired) electrons. The summed E-state index contributed by atoms with van der Waals surface area (Å²) in [5.41, 5.74) is 0.963. The summed E-state index contributed by atoms with van der Waals surface area (Å²) >= 11 is 0. The normalized spacial score (nSPS) is 19.4. The van der Waals surface area contributed by atoms with E-state index < -0.39 is 0 Å². The molecule has 1 atom stereocenters. The molecule has 6 heteroatoms. The van der Waals surface area contributed by atoms with Crippen molar-refractivity contribution in [2.75, 3.05) is 13.1 Å². The summed E-state index contributed by atoms with van der Waals surface area (Å²) in [6.07, 6.45) is 2.90. The third kappa shape index (κ3) is 1.95. The molecule has 1 unspecified atom stereocenters. The van der Waals surface area contributed by atoms with Gasteiger partial charge in [0.15, 0.2) is 0 Å². The van der Waals surface area contributed by atoms with Crippen LogP contribution in [0.15, 0.2) is 24.4 Å². The Morgan fingerprint density at radius 2 is 2.44 bits per heavy atom. The molecule has 2 aromatic rings. The Balaban J connectivity index is 1.95. The van der Waals surface area contributed by atoms with Crippen LogP contribution in [-0.4, -0.2) is 27.8 Å². The van der Waals surface area contributed by atoms with Gasteiger partial charge in [0.05, 0.1) is 16.6 Å². The van der Waals surface area contributed by atoms with Crippen molar-refractivity contribution in [3.8, 4) is 0 Å². The SMILES string of the molecule is O=[N+]([O-])c1ccc2cnn(CC3CCNC3)c2c1. The van der Waals surface area contributed by atoms with Crippen LogP contribution in [0.2, 0.25) is 0 Å². The summed E-state index contributed by atoms with van der Waals surface area (Å²) in [5, 5.41) is 19.4. The molecular weight excluding hydrogens is 232 g/mol. The highest BCUT2D eigenvalue weighted by Crippen LogP contribution is 2.22. The summed E-state index contributed by atoms with van der Waals surface area (Å²) in [7, 11) is 0. The third-order valence-corrected chi connectivity index (χ3v) is 3.43. The van der Waals surface area contributed by atoms with Crippen LogP contribution >= 0.6 is 0 Å². The molecule has 94 valence electrons. The second kappa shape index (κ2) is 4.38. The minimum Gasteiger partial charge on any atom is -0.316 e. The maximum absolute atomic E-state index is 10.8. The highest BCUT2D eigenvalue weighted by molar-refractivity contribution is 5.80. The second-order valence-electron chi connectivity index (χ2n) is 4.69. The van der Waals surface area contributed by atoms with Gasteiger partial charge in [-0.3, -0.25) is 14.8 Å². The van der Waals surface area contributed by atoms with Gasteiger partial charge in [-0.1, -0.05) is 0 Å². The van der Waals surface area contributed by atoms with Gasteiger partial charge in [-0.15, -0.1) is 0 Å². The fourth-order valence-electron chi connectivity index (χ4n) is 2.43. The van der Waals surface area contributed by atoms with Gasteiger partial charge in [0.1, 0.15) is 0 Å². The zero-order chi connectivity index (χ0) is 12.5. The molecule has 0 bridgehead atoms. The number of hydrogen-bond acceptors (Lipinski definition) is 4. The number of nitro benzene ring substituents is 1. The first kappa shape index (κ1) is 11.2. The Hall–Kier alpha value is -1.95. The number of nitrogens with one attached hydrogen (secondary N) is 1. The molecule has 1 saturated heterocycles. The molecule has 6 nitrogen and oxygen atoms in total. The van der Waals surface area contributed by atoms with Gasteiger partial charge in [0, 0.05) is 24.1 Å². The van der Waals surface area contributed by atoms with Crippen molar-refractivity contribution in [1.82, 2.24) is 15.1 Å². The van der Waals surface area contributed by atoms with Crippen molar-refractivity contribution < 1.29 is 4.92 Å². The Kier molecular flexibility index (Phi) is 2.71. The molecule has 1 N–H and O–H groups in total. The van der Waals surface area contributed by atoms with Gasteiger partial charge in [-0.25, -0.2) is 0 Å². The van der Waals surface area contributed by atoms with Gasteiger partial charge in [-0.2, -0.15) is 5.10 Å². The smallest absolute Gasteiger partial charge is 0.271 e. The number of nitro groups is 1. The van der Waals surface area contributed by atoms with Crippen molar-refractivity contribution in [2.24, 2.45) is 5.92 Å². The number of benzene rings is 1.